The van der Waals surface area contributed by atoms with Crippen molar-refractivity contribution in [1.29, 1.82) is 0 Å². The Bertz CT molecular complexity index is 277. The fraction of sp³-hybridized carbons (Fsp3) is 0.786. The predicted molar refractivity (Wildman–Crippen MR) is 73.0 cm³/mol. The Balaban J connectivity index is 3.88. The van der Waals surface area contributed by atoms with Crippen LogP contribution in [0.3, 0.4) is 0 Å². The molecule has 118 valence electrons. The lowest BCUT2D eigenvalue weighted by Gasteiger charge is -2.33. The maximum Gasteiger partial charge on any atom is 0.186 e. The number of carboxylic acids is 1. The van der Waals surface area contributed by atoms with E-state index in [4.69, 9.17) is 4.74 Å². The number of hydrogen-bond donors (Lipinski definition) is 2. The van der Waals surface area contributed by atoms with E-state index in [1.807, 2.05) is 0 Å². The molecular formula is C14H27NO5. The molecule has 0 aromatic heterocycles. The predicted octanol–water partition coefficient (Wildman–Crippen LogP) is -0.0466. The highest BCUT2D eigenvalue weighted by molar-refractivity contribution is 5.64. The maximum atomic E-state index is 10.4. The molecule has 0 amide bonds. The quantitative estimate of drug-likeness (QED) is 0.215. The first kappa shape index (κ1) is 19.1. The van der Waals surface area contributed by atoms with Crippen LogP contribution in [0.1, 0.15) is 39.0 Å². The highest BCUT2D eigenvalue weighted by Crippen LogP contribution is 2.07. The van der Waals surface area contributed by atoms with Gasteiger partial charge in [0.2, 0.25) is 0 Å². The Morgan fingerprint density at radius 2 is 1.90 bits per heavy atom. The molecule has 0 aromatic carbocycles. The molecule has 0 bridgehead atoms. The molecule has 0 fully saturated rings. The minimum absolute atomic E-state index is 0.0890. The third-order valence-corrected chi connectivity index (χ3v) is 3.04. The van der Waals surface area contributed by atoms with Crippen LogP contribution in [-0.2, 0) is 9.53 Å². The lowest BCUT2D eigenvalue weighted by Crippen LogP contribution is -2.52. The molecule has 0 spiro atoms. The molecule has 0 atom stereocenters. The summed E-state index contributed by atoms with van der Waals surface area (Å²) in [6.45, 7) is 2.11. The number of hydrogen-bond acceptors (Lipinski definition) is 5. The van der Waals surface area contributed by atoms with E-state index in [9.17, 15) is 20.1 Å². The summed E-state index contributed by atoms with van der Waals surface area (Å²) in [6, 6.07) is 0. The standard InChI is InChI=1S/C14H27NO5/c1-2-3-4-5-6-7-10-20-13-15(11-16,12-17)9-8-14(18)19/h4-5,16-17H,2-3,6-13H2,1H3/b5-4+. The zero-order chi connectivity index (χ0) is 15.3. The van der Waals surface area contributed by atoms with Crippen LogP contribution in [0.2, 0.25) is 0 Å². The molecule has 0 aliphatic rings. The van der Waals surface area contributed by atoms with Gasteiger partial charge in [-0.25, -0.2) is 0 Å². The lowest BCUT2D eigenvalue weighted by atomic mass is 10.2. The SMILES string of the molecule is CCC/C=C/CCCOC[N+](CO)(CO)CCC(=O)[O-]. The molecule has 0 aliphatic carbocycles. The second-order valence-electron chi connectivity index (χ2n) is 4.91. The van der Waals surface area contributed by atoms with E-state index >= 15 is 0 Å². The Kier molecular flexibility index (Phi) is 11.3. The van der Waals surface area contributed by atoms with Crippen LogP contribution in [0, 0.1) is 0 Å². The first-order valence-electron chi connectivity index (χ1n) is 7.09. The number of carbonyl (C=O) groups is 1. The average molecular weight is 289 g/mol. The van der Waals surface area contributed by atoms with Crippen LogP contribution >= 0.6 is 0 Å². The van der Waals surface area contributed by atoms with Crippen LogP contribution in [0.25, 0.3) is 0 Å². The number of carboxylic acid groups (broad SMARTS) is 1. The van der Waals surface area contributed by atoms with Crippen molar-refractivity contribution in [3.05, 3.63) is 12.2 Å². The number of unbranched alkanes of at least 4 members (excludes halogenated alkanes) is 2. The van der Waals surface area contributed by atoms with Crippen molar-refractivity contribution >= 4 is 5.97 Å². The van der Waals surface area contributed by atoms with Gasteiger partial charge in [-0.3, -0.25) is 4.48 Å². The van der Waals surface area contributed by atoms with E-state index in [-0.39, 0.29) is 37.6 Å². The highest BCUT2D eigenvalue weighted by Gasteiger charge is 2.25. The summed E-state index contributed by atoms with van der Waals surface area (Å²) in [5, 5.41) is 29.0. The Labute approximate surface area is 120 Å². The van der Waals surface area contributed by atoms with E-state index in [1.165, 1.54) is 0 Å². The Morgan fingerprint density at radius 1 is 1.25 bits per heavy atom. The van der Waals surface area contributed by atoms with Gasteiger partial charge in [-0.2, -0.15) is 0 Å². The smallest absolute Gasteiger partial charge is 0.186 e. The van der Waals surface area contributed by atoms with Crippen molar-refractivity contribution in [1.82, 2.24) is 0 Å². The van der Waals surface area contributed by atoms with Gasteiger partial charge in [0.15, 0.2) is 20.2 Å². The van der Waals surface area contributed by atoms with Crippen molar-refractivity contribution in [3.8, 4) is 0 Å². The molecule has 6 heteroatoms. The molecule has 2 N–H and O–H groups in total. The van der Waals surface area contributed by atoms with Crippen molar-refractivity contribution < 1.29 is 29.3 Å². The molecule has 0 radical (unpaired) electrons. The molecule has 0 aromatic rings. The van der Waals surface area contributed by atoms with E-state index in [0.29, 0.717) is 6.61 Å². The van der Waals surface area contributed by atoms with Crippen molar-refractivity contribution in [2.24, 2.45) is 0 Å². The van der Waals surface area contributed by atoms with Crippen LogP contribution in [0.15, 0.2) is 12.2 Å². The molecule has 0 saturated heterocycles. The van der Waals surface area contributed by atoms with Crippen LogP contribution < -0.4 is 5.11 Å². The zero-order valence-electron chi connectivity index (χ0n) is 12.3. The Hall–Kier alpha value is -0.950. The van der Waals surface area contributed by atoms with Gasteiger partial charge in [-0.05, 0) is 19.3 Å². The molecular weight excluding hydrogens is 262 g/mol. The monoisotopic (exact) mass is 289 g/mol. The first-order valence-corrected chi connectivity index (χ1v) is 7.09. The second kappa shape index (κ2) is 11.8. The van der Waals surface area contributed by atoms with Gasteiger partial charge in [0.25, 0.3) is 0 Å². The minimum Gasteiger partial charge on any atom is -0.550 e. The first-order chi connectivity index (χ1) is 9.60. The van der Waals surface area contributed by atoms with Gasteiger partial charge in [0.1, 0.15) is 0 Å². The van der Waals surface area contributed by atoms with E-state index in [2.05, 4.69) is 19.1 Å². The molecule has 0 unspecified atom stereocenters. The molecule has 0 heterocycles. The van der Waals surface area contributed by atoms with Crippen molar-refractivity contribution in [2.75, 3.05) is 33.3 Å². The number of aliphatic carboxylic acids is 1. The fourth-order valence-electron chi connectivity index (χ4n) is 1.62. The third kappa shape index (κ3) is 9.03. The van der Waals surface area contributed by atoms with Crippen LogP contribution in [-0.4, -0.2) is 54.0 Å². The number of nitrogens with zero attached hydrogens (tertiary/aromatic N) is 1. The van der Waals surface area contributed by atoms with Crippen LogP contribution in [0.5, 0.6) is 0 Å². The van der Waals surface area contributed by atoms with Gasteiger partial charge >= 0.3 is 0 Å². The van der Waals surface area contributed by atoms with Gasteiger partial charge in [0, 0.05) is 12.4 Å². The van der Waals surface area contributed by atoms with E-state index in [0.717, 1.165) is 25.7 Å². The normalized spacial score (nSPS) is 12.2. The van der Waals surface area contributed by atoms with Gasteiger partial charge in [-0.1, -0.05) is 25.5 Å². The molecule has 20 heavy (non-hydrogen) atoms. The molecule has 0 saturated carbocycles. The summed E-state index contributed by atoms with van der Waals surface area (Å²) in [7, 11) is 0. The summed E-state index contributed by atoms with van der Waals surface area (Å²) in [6.07, 6.45) is 8.04. The average Bonchev–Trinajstić information content (AvgIpc) is 2.45. The molecule has 0 rings (SSSR count). The molecule has 6 nitrogen and oxygen atoms in total. The number of allylic oxidation sites excluding steroid dienone is 2. The summed E-state index contributed by atoms with van der Waals surface area (Å²) in [5.74, 6) is -1.20. The summed E-state index contributed by atoms with van der Waals surface area (Å²) in [4.78, 5) is 10.4. The van der Waals surface area contributed by atoms with Crippen LogP contribution in [0.4, 0.5) is 0 Å². The topological polar surface area (TPSA) is 89.8 Å². The number of aliphatic hydroxyl groups excluding tert-OH is 2. The van der Waals surface area contributed by atoms with Gasteiger partial charge in [0.05, 0.1) is 13.2 Å². The van der Waals surface area contributed by atoms with Gasteiger partial charge < -0.3 is 24.9 Å². The Morgan fingerprint density at radius 3 is 2.45 bits per heavy atom. The van der Waals surface area contributed by atoms with Gasteiger partial charge in [-0.15, -0.1) is 0 Å². The summed E-state index contributed by atoms with van der Waals surface area (Å²) in [5.41, 5.74) is 0. The number of rotatable bonds is 13. The van der Waals surface area contributed by atoms with E-state index < -0.39 is 5.97 Å². The summed E-state index contributed by atoms with van der Waals surface area (Å²) < 4.78 is 5.23. The number of ether oxygens (including phenoxy) is 1. The third-order valence-electron chi connectivity index (χ3n) is 3.04. The lowest BCUT2D eigenvalue weighted by molar-refractivity contribution is -0.976. The van der Waals surface area contributed by atoms with Crippen molar-refractivity contribution in [2.45, 2.75) is 39.0 Å². The number of quaternary nitrogens is 1. The van der Waals surface area contributed by atoms with Crippen molar-refractivity contribution in [3.63, 3.8) is 0 Å². The number of aliphatic hydroxyl groups is 2. The number of carbonyl (C=O) groups excluding carboxylic acids is 1. The maximum absolute atomic E-state index is 10.4. The minimum atomic E-state index is -1.20. The fourth-order valence-corrected chi connectivity index (χ4v) is 1.62. The largest absolute Gasteiger partial charge is 0.550 e. The van der Waals surface area contributed by atoms with E-state index in [1.54, 1.807) is 0 Å². The second-order valence-corrected chi connectivity index (χ2v) is 4.91. The summed E-state index contributed by atoms with van der Waals surface area (Å²) >= 11 is 0. The molecule has 0 aliphatic heterocycles. The zero-order valence-corrected chi connectivity index (χ0v) is 12.3. The highest BCUT2D eigenvalue weighted by atomic mass is 16.5.